The first kappa shape index (κ1) is 17.5. The number of nitrogens with one attached hydrogen (secondary N) is 1. The minimum atomic E-state index is -0.700. The molecule has 1 aliphatic rings. The lowest BCUT2D eigenvalue weighted by molar-refractivity contribution is 0.0149. The lowest BCUT2D eigenvalue weighted by Crippen LogP contribution is -2.44. The summed E-state index contributed by atoms with van der Waals surface area (Å²) in [6.45, 7) is 3.38. The molecule has 1 fully saturated rings. The normalized spacial score (nSPS) is 16.7. The Morgan fingerprint density at radius 2 is 1.92 bits per heavy atom. The van der Waals surface area contributed by atoms with Crippen LogP contribution in [0.5, 0.6) is 11.5 Å². The minimum Gasteiger partial charge on any atom is -0.508 e. The summed E-state index contributed by atoms with van der Waals surface area (Å²) in [6.07, 6.45) is -0.700. The second-order valence-electron chi connectivity index (χ2n) is 6.14. The molecule has 1 heterocycles. The number of phenols is 2. The third-order valence-electron chi connectivity index (χ3n) is 4.29. The molecule has 0 aliphatic carbocycles. The molecule has 1 amide bonds. The Bertz CT molecular complexity index is 758. The van der Waals surface area contributed by atoms with E-state index in [0.717, 1.165) is 18.5 Å². The van der Waals surface area contributed by atoms with Gasteiger partial charge in [0.15, 0.2) is 0 Å². The Hall–Kier alpha value is -2.35. The summed E-state index contributed by atoms with van der Waals surface area (Å²) < 4.78 is 5.26. The van der Waals surface area contributed by atoms with Crippen molar-refractivity contribution in [2.45, 2.75) is 6.10 Å². The number of aliphatic hydroxyl groups excluding tert-OH is 1. The van der Waals surface area contributed by atoms with E-state index in [4.69, 9.17) is 4.74 Å². The molecular formula is C18H22N2O5. The topological polar surface area (TPSA) is 102 Å². The first-order valence-electron chi connectivity index (χ1n) is 8.25. The van der Waals surface area contributed by atoms with Crippen LogP contribution in [0, 0.1) is 0 Å². The minimum absolute atomic E-state index is 0.0151. The Labute approximate surface area is 145 Å². The number of fused-ring (bicyclic) bond motifs is 1. The predicted molar refractivity (Wildman–Crippen MR) is 92.9 cm³/mol. The number of morpholine rings is 1. The fraction of sp³-hybridized carbons (Fsp3) is 0.389. The Kier molecular flexibility index (Phi) is 5.37. The number of rotatable bonds is 5. The first-order valence-corrected chi connectivity index (χ1v) is 8.25. The predicted octanol–water partition coefficient (Wildman–Crippen LogP) is 0.674. The van der Waals surface area contributed by atoms with E-state index in [1.54, 1.807) is 12.1 Å². The number of aliphatic hydroxyl groups is 1. The summed E-state index contributed by atoms with van der Waals surface area (Å²) in [6, 6.07) is 7.82. The van der Waals surface area contributed by atoms with Crippen LogP contribution in [-0.2, 0) is 4.74 Å². The number of carbonyl (C=O) groups is 1. The number of amides is 1. The molecule has 4 N–H and O–H groups in total. The van der Waals surface area contributed by atoms with Crippen molar-refractivity contribution in [2.75, 3.05) is 39.4 Å². The van der Waals surface area contributed by atoms with Crippen LogP contribution in [0.3, 0.4) is 0 Å². The number of benzene rings is 2. The van der Waals surface area contributed by atoms with Crippen LogP contribution in [0.1, 0.15) is 10.4 Å². The number of carbonyl (C=O) groups excluding carboxylic acids is 1. The van der Waals surface area contributed by atoms with Crippen molar-refractivity contribution in [2.24, 2.45) is 0 Å². The molecule has 7 heteroatoms. The summed E-state index contributed by atoms with van der Waals surface area (Å²) in [7, 11) is 0. The van der Waals surface area contributed by atoms with E-state index in [0.29, 0.717) is 25.1 Å². The summed E-state index contributed by atoms with van der Waals surface area (Å²) in [5.74, 6) is -0.640. The molecule has 0 radical (unpaired) electrons. The molecule has 0 saturated carbocycles. The van der Waals surface area contributed by atoms with Crippen molar-refractivity contribution >= 4 is 16.7 Å². The average molecular weight is 346 g/mol. The van der Waals surface area contributed by atoms with Gasteiger partial charge in [0, 0.05) is 31.6 Å². The van der Waals surface area contributed by atoms with Gasteiger partial charge >= 0.3 is 0 Å². The molecule has 0 bridgehead atoms. The van der Waals surface area contributed by atoms with Crippen molar-refractivity contribution in [3.8, 4) is 11.5 Å². The largest absolute Gasteiger partial charge is 0.508 e. The van der Waals surface area contributed by atoms with Crippen molar-refractivity contribution < 1.29 is 24.9 Å². The van der Waals surface area contributed by atoms with Gasteiger partial charge in [-0.05, 0) is 23.6 Å². The number of hydrogen-bond acceptors (Lipinski definition) is 6. The highest BCUT2D eigenvalue weighted by Gasteiger charge is 2.18. The third kappa shape index (κ3) is 4.19. The monoisotopic (exact) mass is 346 g/mol. The van der Waals surface area contributed by atoms with Gasteiger partial charge in [0.25, 0.3) is 5.91 Å². The number of aromatic hydroxyl groups is 2. The highest BCUT2D eigenvalue weighted by Crippen LogP contribution is 2.31. The Balaban J connectivity index is 1.62. The van der Waals surface area contributed by atoms with Crippen LogP contribution >= 0.6 is 0 Å². The van der Waals surface area contributed by atoms with E-state index in [1.807, 2.05) is 0 Å². The van der Waals surface area contributed by atoms with Gasteiger partial charge in [-0.1, -0.05) is 12.1 Å². The summed E-state index contributed by atoms with van der Waals surface area (Å²) in [5.41, 5.74) is 0.108. The lowest BCUT2D eigenvalue weighted by atomic mass is 10.0. The van der Waals surface area contributed by atoms with E-state index in [1.165, 1.54) is 18.2 Å². The molecule has 25 heavy (non-hydrogen) atoms. The molecule has 1 atom stereocenters. The fourth-order valence-corrected chi connectivity index (χ4v) is 2.93. The van der Waals surface area contributed by atoms with Crippen LogP contribution in [0.2, 0.25) is 0 Å². The van der Waals surface area contributed by atoms with Gasteiger partial charge in [-0.2, -0.15) is 0 Å². The zero-order valence-electron chi connectivity index (χ0n) is 13.8. The van der Waals surface area contributed by atoms with Crippen molar-refractivity contribution in [3.63, 3.8) is 0 Å². The van der Waals surface area contributed by atoms with Gasteiger partial charge in [-0.15, -0.1) is 0 Å². The summed E-state index contributed by atoms with van der Waals surface area (Å²) in [4.78, 5) is 14.4. The molecule has 2 aromatic carbocycles. The van der Waals surface area contributed by atoms with E-state index in [9.17, 15) is 20.1 Å². The quantitative estimate of drug-likeness (QED) is 0.635. The Morgan fingerprint density at radius 3 is 2.68 bits per heavy atom. The molecule has 0 spiro atoms. The van der Waals surface area contributed by atoms with E-state index in [-0.39, 0.29) is 23.6 Å². The van der Waals surface area contributed by atoms with Gasteiger partial charge in [-0.25, -0.2) is 0 Å². The van der Waals surface area contributed by atoms with Gasteiger partial charge in [0.2, 0.25) is 0 Å². The number of hydrogen-bond donors (Lipinski definition) is 4. The molecule has 7 nitrogen and oxygen atoms in total. The molecule has 2 aromatic rings. The van der Waals surface area contributed by atoms with Gasteiger partial charge in [0.05, 0.1) is 24.9 Å². The molecule has 0 aromatic heterocycles. The molecule has 1 saturated heterocycles. The second kappa shape index (κ2) is 7.69. The van der Waals surface area contributed by atoms with Crippen molar-refractivity contribution in [1.82, 2.24) is 10.2 Å². The maximum Gasteiger partial charge on any atom is 0.255 e. The highest BCUT2D eigenvalue weighted by molar-refractivity contribution is 6.03. The maximum absolute atomic E-state index is 12.3. The number of ether oxygens (including phenoxy) is 1. The Morgan fingerprint density at radius 1 is 1.20 bits per heavy atom. The zero-order chi connectivity index (χ0) is 17.8. The zero-order valence-corrected chi connectivity index (χ0v) is 13.8. The summed E-state index contributed by atoms with van der Waals surface area (Å²) in [5, 5.41) is 33.7. The van der Waals surface area contributed by atoms with Gasteiger partial charge < -0.3 is 25.4 Å². The van der Waals surface area contributed by atoms with E-state index >= 15 is 0 Å². The number of nitrogens with zero attached hydrogens (tertiary/aromatic N) is 1. The van der Waals surface area contributed by atoms with Crippen molar-refractivity contribution in [1.29, 1.82) is 0 Å². The molecule has 3 rings (SSSR count). The lowest BCUT2D eigenvalue weighted by Gasteiger charge is -2.28. The third-order valence-corrected chi connectivity index (χ3v) is 4.29. The van der Waals surface area contributed by atoms with E-state index < -0.39 is 12.0 Å². The average Bonchev–Trinajstić information content (AvgIpc) is 2.61. The molecule has 134 valence electrons. The number of phenolic OH excluding ortho intramolecular Hbond substituents is 2. The highest BCUT2D eigenvalue weighted by atomic mass is 16.5. The van der Waals surface area contributed by atoms with Crippen molar-refractivity contribution in [3.05, 3.63) is 35.9 Å². The van der Waals surface area contributed by atoms with E-state index in [2.05, 4.69) is 10.2 Å². The molecule has 1 unspecified atom stereocenters. The summed E-state index contributed by atoms with van der Waals surface area (Å²) >= 11 is 0. The van der Waals surface area contributed by atoms with Crippen LogP contribution in [0.15, 0.2) is 30.3 Å². The van der Waals surface area contributed by atoms with Crippen LogP contribution in [0.4, 0.5) is 0 Å². The SMILES string of the molecule is O=C(NCC(O)CN1CCOCC1)c1ccc2ccc(O)cc2c1O. The van der Waals surface area contributed by atoms with Gasteiger partial charge in [-0.3, -0.25) is 9.69 Å². The van der Waals surface area contributed by atoms with Crippen LogP contribution in [-0.4, -0.2) is 71.6 Å². The van der Waals surface area contributed by atoms with Crippen LogP contribution in [0.25, 0.3) is 10.8 Å². The number of β-amino-alcohol motifs (C(OH)–C–C–N with tert-alkyl or cyclic N) is 1. The van der Waals surface area contributed by atoms with Gasteiger partial charge in [0.1, 0.15) is 11.5 Å². The second-order valence-corrected chi connectivity index (χ2v) is 6.14. The molecule has 1 aliphatic heterocycles. The standard InChI is InChI=1S/C18H22N2O5/c21-13-3-1-12-2-4-15(17(23)16(12)9-13)18(24)19-10-14(22)11-20-5-7-25-8-6-20/h1-4,9,14,21-23H,5-8,10-11H2,(H,19,24). The molecular weight excluding hydrogens is 324 g/mol. The first-order chi connectivity index (χ1) is 12.0. The smallest absolute Gasteiger partial charge is 0.255 e. The fourth-order valence-electron chi connectivity index (χ4n) is 2.93. The van der Waals surface area contributed by atoms with Crippen LogP contribution < -0.4 is 5.32 Å². The maximum atomic E-state index is 12.3.